The number of hydrogen-bond acceptors (Lipinski definition) is 5. The van der Waals surface area contributed by atoms with Crippen molar-refractivity contribution in [2.45, 2.75) is 25.8 Å². The van der Waals surface area contributed by atoms with Crippen molar-refractivity contribution in [1.29, 1.82) is 5.26 Å². The maximum Gasteiger partial charge on any atom is 0.236 e. The third kappa shape index (κ3) is 3.02. The summed E-state index contributed by atoms with van der Waals surface area (Å²) in [6.07, 6.45) is 2.62. The Kier molecular flexibility index (Phi) is 4.58. The van der Waals surface area contributed by atoms with Crippen molar-refractivity contribution in [2.24, 2.45) is 5.92 Å². The van der Waals surface area contributed by atoms with Crippen molar-refractivity contribution < 1.29 is 4.79 Å². The summed E-state index contributed by atoms with van der Waals surface area (Å²) in [5, 5.41) is 9.84. The van der Waals surface area contributed by atoms with Crippen molar-refractivity contribution in [3.8, 4) is 6.07 Å². The quantitative estimate of drug-likeness (QED) is 0.860. The lowest BCUT2D eigenvalue weighted by Crippen LogP contribution is -2.52. The molecule has 3 heterocycles. The minimum Gasteiger partial charge on any atom is -0.354 e. The third-order valence-electron chi connectivity index (χ3n) is 4.70. The number of halogens is 1. The second-order valence-electron chi connectivity index (χ2n) is 6.18. The topological polar surface area (TPSA) is 88.9 Å². The number of H-pyrrole nitrogens is 1. The van der Waals surface area contributed by atoms with Gasteiger partial charge in [0.25, 0.3) is 0 Å². The minimum absolute atomic E-state index is 0.0772. The van der Waals surface area contributed by atoms with Crippen molar-refractivity contribution >= 4 is 34.4 Å². The molecule has 1 amide bonds. The molecule has 1 N–H and O–H groups in total. The number of aromatic nitrogens is 3. The monoisotopic (exact) mass is 346 g/mol. The molecule has 0 radical (unpaired) electrons. The molecule has 1 aliphatic heterocycles. The van der Waals surface area contributed by atoms with E-state index >= 15 is 0 Å². The number of likely N-dealkylation sites (tertiary alicyclic amines) is 1. The van der Waals surface area contributed by atoms with Gasteiger partial charge < -0.3 is 14.8 Å². The van der Waals surface area contributed by atoms with Gasteiger partial charge in [-0.2, -0.15) is 15.2 Å². The van der Waals surface area contributed by atoms with Gasteiger partial charge in [0.1, 0.15) is 17.9 Å². The normalized spacial score (nSPS) is 20.8. The van der Waals surface area contributed by atoms with Crippen LogP contribution in [-0.4, -0.2) is 51.9 Å². The van der Waals surface area contributed by atoms with Crippen LogP contribution < -0.4 is 4.90 Å². The van der Waals surface area contributed by atoms with E-state index < -0.39 is 0 Å². The maximum absolute atomic E-state index is 12.1. The zero-order valence-corrected chi connectivity index (χ0v) is 14.4. The lowest BCUT2D eigenvalue weighted by molar-refractivity contribution is -0.131. The molecule has 2 aromatic heterocycles. The lowest BCUT2D eigenvalue weighted by Gasteiger charge is -2.42. The molecule has 0 aliphatic carbocycles. The average molecular weight is 347 g/mol. The van der Waals surface area contributed by atoms with Gasteiger partial charge in [-0.15, -0.1) is 0 Å². The summed E-state index contributed by atoms with van der Waals surface area (Å²) in [7, 11) is 1.96. The van der Waals surface area contributed by atoms with Crippen molar-refractivity contribution in [1.82, 2.24) is 19.9 Å². The largest absolute Gasteiger partial charge is 0.354 e. The lowest BCUT2D eigenvalue weighted by atomic mass is 9.92. The van der Waals surface area contributed by atoms with Gasteiger partial charge in [0.15, 0.2) is 0 Å². The molecular weight excluding hydrogens is 328 g/mol. The molecule has 1 aliphatic rings. The van der Waals surface area contributed by atoms with Gasteiger partial charge in [-0.1, -0.05) is 6.92 Å². The first-order valence-corrected chi connectivity index (χ1v) is 8.27. The predicted octanol–water partition coefficient (Wildman–Crippen LogP) is 2.20. The molecule has 2 unspecified atom stereocenters. The van der Waals surface area contributed by atoms with Crippen LogP contribution in [0.5, 0.6) is 0 Å². The van der Waals surface area contributed by atoms with Crippen molar-refractivity contribution in [2.75, 3.05) is 25.0 Å². The zero-order chi connectivity index (χ0) is 17.3. The molecule has 0 spiro atoms. The van der Waals surface area contributed by atoms with E-state index in [0.717, 1.165) is 17.6 Å². The third-order valence-corrected chi connectivity index (χ3v) is 4.87. The molecule has 0 aromatic carbocycles. The Bertz CT molecular complexity index is 797. The number of nitrogens with one attached hydrogen (secondary N) is 1. The second kappa shape index (κ2) is 6.65. The summed E-state index contributed by atoms with van der Waals surface area (Å²) in [5.41, 5.74) is 0.692. The molecule has 0 saturated carbocycles. The van der Waals surface area contributed by atoms with Gasteiger partial charge in [-0.3, -0.25) is 4.79 Å². The van der Waals surface area contributed by atoms with Crippen LogP contribution in [0.15, 0.2) is 12.3 Å². The van der Waals surface area contributed by atoms with Crippen LogP contribution in [0.25, 0.3) is 11.0 Å². The summed E-state index contributed by atoms with van der Waals surface area (Å²) in [5.74, 6) is 1.02. The molecule has 2 atom stereocenters. The van der Waals surface area contributed by atoms with E-state index in [1.807, 2.05) is 19.2 Å². The Morgan fingerprint density at radius 3 is 3.12 bits per heavy atom. The first kappa shape index (κ1) is 16.5. The van der Waals surface area contributed by atoms with Gasteiger partial charge in [-0.05, 0) is 30.0 Å². The highest BCUT2D eigenvalue weighted by atomic mass is 35.5. The second-order valence-corrected chi connectivity index (χ2v) is 6.51. The van der Waals surface area contributed by atoms with E-state index in [4.69, 9.17) is 16.9 Å². The predicted molar refractivity (Wildman–Crippen MR) is 91.7 cm³/mol. The molecule has 8 heteroatoms. The summed E-state index contributed by atoms with van der Waals surface area (Å²) in [6.45, 7) is 3.44. The highest BCUT2D eigenvalue weighted by Gasteiger charge is 2.32. The summed E-state index contributed by atoms with van der Waals surface area (Å²) in [4.78, 5) is 27.5. The fraction of sp³-hybridized carbons (Fsp3) is 0.500. The molecule has 126 valence electrons. The Morgan fingerprint density at radius 1 is 1.58 bits per heavy atom. The van der Waals surface area contributed by atoms with Crippen molar-refractivity contribution in [3.63, 3.8) is 0 Å². The fourth-order valence-corrected chi connectivity index (χ4v) is 3.45. The van der Waals surface area contributed by atoms with Gasteiger partial charge in [-0.25, -0.2) is 0 Å². The number of carbonyl (C=O) groups excluding carboxylic acids is 1. The van der Waals surface area contributed by atoms with E-state index in [1.165, 1.54) is 0 Å². The van der Waals surface area contributed by atoms with Crippen LogP contribution in [0.3, 0.4) is 0 Å². The molecule has 24 heavy (non-hydrogen) atoms. The Balaban J connectivity index is 1.89. The fourth-order valence-electron chi connectivity index (χ4n) is 3.28. The molecule has 2 aromatic rings. The zero-order valence-electron chi connectivity index (χ0n) is 13.7. The number of nitriles is 1. The Hall–Kier alpha value is -2.33. The standard InChI is InChI=1S/C16H19ClN6O/c1-10-5-8-23(13(24)3-6-18)9-12(10)22(2)15-11-4-7-19-14(11)20-16(17)21-15/h4,7,10,12H,3,5,8-9H2,1-2H3,(H,19,20,21). The number of carbonyl (C=O) groups is 1. The van der Waals surface area contributed by atoms with Gasteiger partial charge in [0.05, 0.1) is 17.5 Å². The molecular formula is C16H19ClN6O. The SMILES string of the molecule is CC1CCN(C(=O)CC#N)CC1N(C)c1nc(Cl)nc2[nH]ccc12. The number of rotatable bonds is 3. The number of amides is 1. The van der Waals surface area contributed by atoms with Gasteiger partial charge in [0, 0.05) is 26.3 Å². The smallest absolute Gasteiger partial charge is 0.236 e. The summed E-state index contributed by atoms with van der Waals surface area (Å²) in [6, 6.07) is 3.96. The Morgan fingerprint density at radius 2 is 2.38 bits per heavy atom. The molecule has 7 nitrogen and oxygen atoms in total. The van der Waals surface area contributed by atoms with Crippen LogP contribution in [0.4, 0.5) is 5.82 Å². The minimum atomic E-state index is -0.115. The first-order chi connectivity index (χ1) is 11.5. The van der Waals surface area contributed by atoms with E-state index in [-0.39, 0.29) is 23.7 Å². The van der Waals surface area contributed by atoms with Crippen LogP contribution in [0, 0.1) is 17.2 Å². The highest BCUT2D eigenvalue weighted by molar-refractivity contribution is 6.28. The summed E-state index contributed by atoms with van der Waals surface area (Å²) < 4.78 is 0. The van der Waals surface area contributed by atoms with E-state index in [0.29, 0.717) is 24.7 Å². The first-order valence-electron chi connectivity index (χ1n) is 7.89. The number of aromatic amines is 1. The Labute approximate surface area is 145 Å². The van der Waals surface area contributed by atoms with Gasteiger partial charge >= 0.3 is 0 Å². The van der Waals surface area contributed by atoms with E-state index in [1.54, 1.807) is 11.1 Å². The molecule has 0 bridgehead atoms. The van der Waals surface area contributed by atoms with E-state index in [2.05, 4.69) is 26.8 Å². The van der Waals surface area contributed by atoms with E-state index in [9.17, 15) is 4.79 Å². The highest BCUT2D eigenvalue weighted by Crippen LogP contribution is 2.30. The van der Waals surface area contributed by atoms with Gasteiger partial charge in [0.2, 0.25) is 11.2 Å². The number of hydrogen-bond donors (Lipinski definition) is 1. The summed E-state index contributed by atoms with van der Waals surface area (Å²) >= 11 is 6.05. The molecule has 1 saturated heterocycles. The van der Waals surface area contributed by atoms with Crippen LogP contribution >= 0.6 is 11.6 Å². The number of fused-ring (bicyclic) bond motifs is 1. The number of likely N-dealkylation sites (N-methyl/N-ethyl adjacent to an activating group) is 1. The van der Waals surface area contributed by atoms with Crippen LogP contribution in [0.1, 0.15) is 19.8 Å². The maximum atomic E-state index is 12.1. The number of anilines is 1. The van der Waals surface area contributed by atoms with Crippen molar-refractivity contribution in [3.05, 3.63) is 17.5 Å². The van der Waals surface area contributed by atoms with Crippen LogP contribution in [-0.2, 0) is 4.79 Å². The molecule has 3 rings (SSSR count). The van der Waals surface area contributed by atoms with Crippen LogP contribution in [0.2, 0.25) is 5.28 Å². The number of nitrogens with zero attached hydrogens (tertiary/aromatic N) is 5. The molecule has 1 fully saturated rings. The number of piperidine rings is 1. The average Bonchev–Trinajstić information content (AvgIpc) is 3.02.